The molecule has 0 saturated heterocycles. The Bertz CT molecular complexity index is 1250. The minimum Gasteiger partial charge on any atom is -0.454 e. The molecule has 3 aromatic rings. The first-order valence-electron chi connectivity index (χ1n) is 8.61. The summed E-state index contributed by atoms with van der Waals surface area (Å²) in [4.78, 5) is 8.90. The normalized spacial score (nSPS) is 15.7. The summed E-state index contributed by atoms with van der Waals surface area (Å²) in [6.07, 6.45) is 1.37. The Labute approximate surface area is 176 Å². The topological polar surface area (TPSA) is 81.6 Å². The molecule has 0 spiro atoms. The van der Waals surface area contributed by atoms with Gasteiger partial charge in [0.25, 0.3) is 10.0 Å². The fourth-order valence-corrected chi connectivity index (χ4v) is 5.44. The van der Waals surface area contributed by atoms with Gasteiger partial charge < -0.3 is 9.47 Å². The monoisotopic (exact) mass is 447 g/mol. The summed E-state index contributed by atoms with van der Waals surface area (Å²) in [5.74, 6) is 2.05. The van der Waals surface area contributed by atoms with Crippen molar-refractivity contribution >= 4 is 39.1 Å². The molecule has 0 radical (unpaired) electrons. The summed E-state index contributed by atoms with van der Waals surface area (Å²) < 4.78 is 37.6. The number of halogens is 1. The highest BCUT2D eigenvalue weighted by molar-refractivity contribution is 7.98. The number of benzene rings is 2. The first-order valence-corrected chi connectivity index (χ1v) is 11.4. The van der Waals surface area contributed by atoms with Gasteiger partial charge in [-0.2, -0.15) is 0 Å². The van der Waals surface area contributed by atoms with Crippen molar-refractivity contribution in [2.75, 3.05) is 18.1 Å². The molecular formula is C19H14ClN3O4S2. The van der Waals surface area contributed by atoms with Gasteiger partial charge in [0.15, 0.2) is 16.7 Å². The van der Waals surface area contributed by atoms with Crippen molar-refractivity contribution in [1.82, 2.24) is 9.97 Å². The first kappa shape index (κ1) is 18.5. The average molecular weight is 448 g/mol. The molecule has 0 N–H and O–H groups in total. The minimum absolute atomic E-state index is 0.0854. The SMILES string of the molecule is CN1c2cc(Cl)ccc2-c2nc(SCc3ccc4c(c3)OCO4)ncc2S1(=O)=O. The first-order chi connectivity index (χ1) is 13.9. The number of nitrogens with zero attached hydrogens (tertiary/aromatic N) is 3. The second-order valence-corrected chi connectivity index (χ2v) is 9.79. The Kier molecular flexibility index (Phi) is 4.34. The third-order valence-corrected chi connectivity index (χ3v) is 7.67. The minimum atomic E-state index is -3.73. The van der Waals surface area contributed by atoms with Gasteiger partial charge >= 0.3 is 0 Å². The van der Waals surface area contributed by atoms with E-state index in [9.17, 15) is 8.42 Å². The average Bonchev–Trinajstić information content (AvgIpc) is 3.18. The Hall–Kier alpha value is -2.49. The third kappa shape index (κ3) is 3.09. The molecule has 0 unspecified atom stereocenters. The predicted molar refractivity (Wildman–Crippen MR) is 110 cm³/mol. The molecule has 10 heteroatoms. The quantitative estimate of drug-likeness (QED) is 0.444. The lowest BCUT2D eigenvalue weighted by molar-refractivity contribution is 0.174. The number of anilines is 1. The van der Waals surface area contributed by atoms with Crippen LogP contribution in [0.2, 0.25) is 5.02 Å². The van der Waals surface area contributed by atoms with Crippen LogP contribution in [-0.4, -0.2) is 32.2 Å². The highest BCUT2D eigenvalue weighted by Crippen LogP contribution is 2.42. The van der Waals surface area contributed by atoms with E-state index < -0.39 is 10.0 Å². The third-order valence-electron chi connectivity index (χ3n) is 4.73. The molecule has 1 aromatic heterocycles. The van der Waals surface area contributed by atoms with Gasteiger partial charge in [-0.1, -0.05) is 29.4 Å². The maximum absolute atomic E-state index is 12.8. The number of ether oxygens (including phenoxy) is 2. The summed E-state index contributed by atoms with van der Waals surface area (Å²) in [6, 6.07) is 10.9. The number of thioether (sulfide) groups is 1. The summed E-state index contributed by atoms with van der Waals surface area (Å²) in [5.41, 5.74) is 2.61. The summed E-state index contributed by atoms with van der Waals surface area (Å²) in [6.45, 7) is 0.228. The van der Waals surface area contributed by atoms with E-state index in [0.717, 1.165) is 17.1 Å². The molecule has 7 nitrogen and oxygen atoms in total. The van der Waals surface area contributed by atoms with Crippen molar-refractivity contribution in [3.8, 4) is 22.8 Å². The number of hydrogen-bond donors (Lipinski definition) is 0. The Morgan fingerprint density at radius 2 is 2.00 bits per heavy atom. The van der Waals surface area contributed by atoms with E-state index >= 15 is 0 Å². The summed E-state index contributed by atoms with van der Waals surface area (Å²) >= 11 is 7.49. The zero-order valence-corrected chi connectivity index (χ0v) is 17.5. The number of aromatic nitrogens is 2. The molecule has 5 rings (SSSR count). The van der Waals surface area contributed by atoms with Crippen LogP contribution in [0.1, 0.15) is 5.56 Å². The van der Waals surface area contributed by atoms with Gasteiger partial charge in [-0.15, -0.1) is 0 Å². The highest BCUT2D eigenvalue weighted by Gasteiger charge is 2.34. The molecule has 2 aliphatic heterocycles. The molecule has 0 saturated carbocycles. The molecule has 29 heavy (non-hydrogen) atoms. The van der Waals surface area contributed by atoms with Crippen molar-refractivity contribution in [3.05, 3.63) is 53.2 Å². The van der Waals surface area contributed by atoms with Crippen molar-refractivity contribution in [1.29, 1.82) is 0 Å². The van der Waals surface area contributed by atoms with Gasteiger partial charge in [0.05, 0.1) is 17.6 Å². The molecule has 0 amide bonds. The molecule has 0 atom stereocenters. The summed E-state index contributed by atoms with van der Waals surface area (Å²) in [7, 11) is -2.24. The van der Waals surface area contributed by atoms with Crippen LogP contribution in [-0.2, 0) is 15.8 Å². The van der Waals surface area contributed by atoms with Gasteiger partial charge in [0.1, 0.15) is 4.90 Å². The van der Waals surface area contributed by atoms with E-state index in [-0.39, 0.29) is 11.7 Å². The largest absolute Gasteiger partial charge is 0.454 e. The van der Waals surface area contributed by atoms with Crippen molar-refractivity contribution in [2.24, 2.45) is 0 Å². The van der Waals surface area contributed by atoms with Crippen molar-refractivity contribution in [2.45, 2.75) is 15.8 Å². The lowest BCUT2D eigenvalue weighted by Gasteiger charge is -2.28. The molecule has 148 valence electrons. The number of hydrogen-bond acceptors (Lipinski definition) is 7. The van der Waals surface area contributed by atoms with E-state index in [1.807, 2.05) is 18.2 Å². The van der Waals surface area contributed by atoms with Crippen LogP contribution in [0.25, 0.3) is 11.3 Å². The second kappa shape index (κ2) is 6.79. The fraction of sp³-hybridized carbons (Fsp3) is 0.158. The standard InChI is InChI=1S/C19H14ClN3O4S2/c1-23-14-7-12(20)3-4-13(14)18-17(29(23,24)25)8-21-19(22-18)28-9-11-2-5-15-16(6-11)27-10-26-15/h2-8H,9-10H2,1H3. The van der Waals surface area contributed by atoms with Gasteiger partial charge in [0, 0.05) is 23.4 Å². The van der Waals surface area contributed by atoms with E-state index in [0.29, 0.717) is 32.9 Å². The Morgan fingerprint density at radius 1 is 1.17 bits per heavy atom. The van der Waals surface area contributed by atoms with E-state index in [4.69, 9.17) is 21.1 Å². The van der Waals surface area contributed by atoms with Gasteiger partial charge in [-0.25, -0.2) is 18.4 Å². The van der Waals surface area contributed by atoms with Crippen molar-refractivity contribution < 1.29 is 17.9 Å². The molecule has 2 aromatic carbocycles. The number of rotatable bonds is 3. The molecule has 0 bridgehead atoms. The Balaban J connectivity index is 1.49. The van der Waals surface area contributed by atoms with E-state index in [1.54, 1.807) is 18.2 Å². The van der Waals surface area contributed by atoms with E-state index in [2.05, 4.69) is 9.97 Å². The van der Waals surface area contributed by atoms with E-state index in [1.165, 1.54) is 29.3 Å². The zero-order valence-electron chi connectivity index (χ0n) is 15.1. The van der Waals surface area contributed by atoms with Gasteiger partial charge in [0.2, 0.25) is 6.79 Å². The maximum atomic E-state index is 12.8. The van der Waals surface area contributed by atoms with Crippen LogP contribution in [0.4, 0.5) is 5.69 Å². The molecular weight excluding hydrogens is 434 g/mol. The van der Waals surface area contributed by atoms with Crippen LogP contribution in [0.5, 0.6) is 11.5 Å². The highest BCUT2D eigenvalue weighted by atomic mass is 35.5. The maximum Gasteiger partial charge on any atom is 0.267 e. The Morgan fingerprint density at radius 3 is 2.86 bits per heavy atom. The number of fused-ring (bicyclic) bond motifs is 4. The lowest BCUT2D eigenvalue weighted by atomic mass is 10.1. The van der Waals surface area contributed by atoms with Crippen molar-refractivity contribution in [3.63, 3.8) is 0 Å². The molecule has 0 aliphatic carbocycles. The summed E-state index contributed by atoms with van der Waals surface area (Å²) in [5, 5.41) is 0.947. The van der Waals surface area contributed by atoms with Crippen LogP contribution < -0.4 is 13.8 Å². The lowest BCUT2D eigenvalue weighted by Crippen LogP contribution is -2.31. The van der Waals surface area contributed by atoms with Crippen LogP contribution in [0.3, 0.4) is 0 Å². The predicted octanol–water partition coefficient (Wildman–Crippen LogP) is 3.96. The van der Waals surface area contributed by atoms with Crippen LogP contribution >= 0.6 is 23.4 Å². The molecule has 0 fully saturated rings. The number of sulfonamides is 1. The second-order valence-electron chi connectivity index (χ2n) is 6.48. The van der Waals surface area contributed by atoms with Gasteiger partial charge in [-0.3, -0.25) is 4.31 Å². The smallest absolute Gasteiger partial charge is 0.267 e. The zero-order chi connectivity index (χ0) is 20.2. The molecule has 3 heterocycles. The van der Waals surface area contributed by atoms with Crippen LogP contribution in [0.15, 0.2) is 52.6 Å². The van der Waals surface area contributed by atoms with Crippen LogP contribution in [0, 0.1) is 0 Å². The van der Waals surface area contributed by atoms with Gasteiger partial charge in [-0.05, 0) is 35.9 Å². The fourth-order valence-electron chi connectivity index (χ4n) is 3.23. The molecule has 2 aliphatic rings.